The Balaban J connectivity index is 1.64. The van der Waals surface area contributed by atoms with Gasteiger partial charge in [-0.25, -0.2) is 9.79 Å². The van der Waals surface area contributed by atoms with Gasteiger partial charge in [0.2, 0.25) is 6.79 Å². The van der Waals surface area contributed by atoms with Crippen LogP contribution in [0.5, 0.6) is 17.2 Å². The van der Waals surface area contributed by atoms with Crippen molar-refractivity contribution in [3.05, 3.63) is 51.1 Å². The summed E-state index contributed by atoms with van der Waals surface area (Å²) in [7, 11) is 0. The second-order valence-corrected chi connectivity index (χ2v) is 9.23. The summed E-state index contributed by atoms with van der Waals surface area (Å²) in [6.07, 6.45) is -4.16. The highest BCUT2D eigenvalue weighted by Crippen LogP contribution is 2.36. The van der Waals surface area contributed by atoms with Crippen molar-refractivity contribution in [3.8, 4) is 28.5 Å². The molecular weight excluding hydrogens is 565 g/mol. The molecule has 2 heterocycles. The van der Waals surface area contributed by atoms with Gasteiger partial charge in [-0.15, -0.1) is 24.5 Å². The van der Waals surface area contributed by atoms with E-state index in [9.17, 15) is 18.0 Å². The van der Waals surface area contributed by atoms with Gasteiger partial charge in [0.15, 0.2) is 16.3 Å². The molecule has 0 saturated heterocycles. The van der Waals surface area contributed by atoms with Crippen LogP contribution in [0.2, 0.25) is 0 Å². The number of aromatic nitrogens is 1. The lowest BCUT2D eigenvalue weighted by atomic mass is 10.1. The van der Waals surface area contributed by atoms with Gasteiger partial charge in [0.25, 0.3) is 0 Å². The first kappa shape index (κ1) is 25.9. The smallest absolute Gasteiger partial charge is 0.454 e. The number of fused-ring (bicyclic) bond motifs is 1. The van der Waals surface area contributed by atoms with Crippen LogP contribution < -0.4 is 29.6 Å². The molecule has 13 heteroatoms. The van der Waals surface area contributed by atoms with Crippen LogP contribution in [0.25, 0.3) is 11.3 Å². The molecule has 0 bridgehead atoms. The topological polar surface area (TPSA) is 86.1 Å². The molecule has 1 aromatic heterocycles. The van der Waals surface area contributed by atoms with Gasteiger partial charge in [-0.3, -0.25) is 0 Å². The number of benzene rings is 2. The zero-order valence-corrected chi connectivity index (χ0v) is 21.4. The Labute approximate surface area is 216 Å². The van der Waals surface area contributed by atoms with Crippen molar-refractivity contribution in [1.82, 2.24) is 15.2 Å². The second-order valence-electron chi connectivity index (χ2n) is 7.54. The molecule has 0 radical (unpaired) electrons. The number of ether oxygens (including phenoxy) is 3. The lowest BCUT2D eigenvalue weighted by Gasteiger charge is -2.11. The molecule has 0 spiro atoms. The zero-order valence-electron chi connectivity index (χ0n) is 19.0. The molecule has 0 aliphatic carbocycles. The number of thiazole rings is 1. The Morgan fingerprint density at radius 3 is 2.75 bits per heavy atom. The fourth-order valence-corrected chi connectivity index (χ4v) is 4.86. The van der Waals surface area contributed by atoms with Gasteiger partial charge in [0.05, 0.1) is 11.4 Å². The number of urea groups is 1. The fraction of sp³-hybridized carbons (Fsp3) is 0.304. The minimum Gasteiger partial charge on any atom is -0.454 e. The van der Waals surface area contributed by atoms with Crippen LogP contribution >= 0.6 is 27.3 Å². The summed E-state index contributed by atoms with van der Waals surface area (Å²) in [6, 6.07) is 9.29. The van der Waals surface area contributed by atoms with Gasteiger partial charge in [-0.05, 0) is 65.7 Å². The minimum absolute atomic E-state index is 0.163. The summed E-state index contributed by atoms with van der Waals surface area (Å²) in [4.78, 5) is 17.0. The largest absolute Gasteiger partial charge is 0.573 e. The number of rotatable bonds is 8. The Hall–Kier alpha value is -3.19. The van der Waals surface area contributed by atoms with Crippen molar-refractivity contribution in [2.75, 3.05) is 19.9 Å². The normalized spacial score (nSPS) is 13.1. The Morgan fingerprint density at radius 2 is 2.00 bits per heavy atom. The number of alkyl halides is 3. The van der Waals surface area contributed by atoms with E-state index in [-0.39, 0.29) is 18.6 Å². The highest BCUT2D eigenvalue weighted by molar-refractivity contribution is 9.10. The highest BCUT2D eigenvalue weighted by Gasteiger charge is 2.31. The van der Waals surface area contributed by atoms with E-state index in [1.54, 1.807) is 0 Å². The first-order valence-electron chi connectivity index (χ1n) is 10.9. The molecule has 1 aliphatic rings. The number of hydrogen-bond donors (Lipinski definition) is 2. The van der Waals surface area contributed by atoms with Crippen molar-refractivity contribution < 1.29 is 32.2 Å². The number of nitrogens with zero attached hydrogens (tertiary/aromatic N) is 2. The third-order valence-electron chi connectivity index (χ3n) is 5.02. The van der Waals surface area contributed by atoms with Crippen LogP contribution in [0.4, 0.5) is 23.7 Å². The molecule has 2 amide bonds. The average Bonchev–Trinajstić information content (AvgIpc) is 3.44. The molecule has 2 aromatic carbocycles. The van der Waals surface area contributed by atoms with E-state index in [0.717, 1.165) is 11.3 Å². The van der Waals surface area contributed by atoms with E-state index in [4.69, 9.17) is 9.47 Å². The van der Waals surface area contributed by atoms with E-state index in [1.807, 2.05) is 35.1 Å². The molecule has 192 valence electrons. The summed E-state index contributed by atoms with van der Waals surface area (Å²) in [5.74, 6) is 0.969. The molecule has 3 aromatic rings. The van der Waals surface area contributed by atoms with Gasteiger partial charge in [0.1, 0.15) is 5.75 Å². The number of amides is 2. The second kappa shape index (κ2) is 11.2. The highest BCUT2D eigenvalue weighted by atomic mass is 79.9. The monoisotopic (exact) mass is 586 g/mol. The SMILES string of the molecule is CCNC(=O)NCCCn1c(-c2ccc3c(c2)OCO3)cs/c1=N\c1ccc(OC(F)(F)F)cc1Br. The van der Waals surface area contributed by atoms with Crippen molar-refractivity contribution in [2.24, 2.45) is 4.99 Å². The van der Waals surface area contributed by atoms with Gasteiger partial charge in [0, 0.05) is 35.1 Å². The van der Waals surface area contributed by atoms with Crippen LogP contribution in [-0.4, -0.2) is 36.8 Å². The maximum atomic E-state index is 12.6. The fourth-order valence-electron chi connectivity index (χ4n) is 3.46. The van der Waals surface area contributed by atoms with Gasteiger partial charge in [-0.2, -0.15) is 0 Å². The maximum absolute atomic E-state index is 12.6. The number of carbonyl (C=O) groups excluding carboxylic acids is 1. The van der Waals surface area contributed by atoms with E-state index in [2.05, 4.69) is 36.3 Å². The first-order chi connectivity index (χ1) is 17.2. The van der Waals surface area contributed by atoms with Crippen molar-refractivity contribution in [1.29, 1.82) is 0 Å². The summed E-state index contributed by atoms with van der Waals surface area (Å²) in [5, 5.41) is 7.43. The molecule has 36 heavy (non-hydrogen) atoms. The third kappa shape index (κ3) is 6.52. The van der Waals surface area contributed by atoms with Crippen LogP contribution in [0, 0.1) is 0 Å². The van der Waals surface area contributed by atoms with Crippen LogP contribution in [0.15, 0.2) is 51.2 Å². The zero-order chi connectivity index (χ0) is 25.7. The average molecular weight is 587 g/mol. The summed E-state index contributed by atoms with van der Waals surface area (Å²) in [5.41, 5.74) is 2.21. The van der Waals surface area contributed by atoms with Crippen LogP contribution in [0.3, 0.4) is 0 Å². The molecule has 0 fully saturated rings. The number of hydrogen-bond acceptors (Lipinski definition) is 6. The van der Waals surface area contributed by atoms with Crippen molar-refractivity contribution in [2.45, 2.75) is 26.3 Å². The van der Waals surface area contributed by atoms with E-state index in [0.29, 0.717) is 52.5 Å². The maximum Gasteiger partial charge on any atom is 0.573 e. The lowest BCUT2D eigenvalue weighted by molar-refractivity contribution is -0.274. The first-order valence-corrected chi connectivity index (χ1v) is 12.6. The summed E-state index contributed by atoms with van der Waals surface area (Å²) >= 11 is 4.67. The lowest BCUT2D eigenvalue weighted by Crippen LogP contribution is -2.36. The van der Waals surface area contributed by atoms with E-state index >= 15 is 0 Å². The van der Waals surface area contributed by atoms with E-state index < -0.39 is 6.36 Å². The van der Waals surface area contributed by atoms with Crippen LogP contribution in [-0.2, 0) is 6.54 Å². The number of halogens is 4. The summed E-state index contributed by atoms with van der Waals surface area (Å²) in [6.45, 7) is 3.51. The van der Waals surface area contributed by atoms with Crippen molar-refractivity contribution in [3.63, 3.8) is 0 Å². The minimum atomic E-state index is -4.78. The molecule has 0 saturated carbocycles. The molecule has 4 rings (SSSR count). The third-order valence-corrected chi connectivity index (χ3v) is 6.51. The van der Waals surface area contributed by atoms with Crippen LogP contribution in [0.1, 0.15) is 13.3 Å². The Morgan fingerprint density at radius 1 is 1.19 bits per heavy atom. The number of carbonyl (C=O) groups is 1. The molecule has 0 atom stereocenters. The molecular formula is C23H22BrF3N4O4S. The van der Waals surface area contributed by atoms with Gasteiger partial charge < -0.3 is 29.4 Å². The number of nitrogens with one attached hydrogen (secondary N) is 2. The summed E-state index contributed by atoms with van der Waals surface area (Å²) < 4.78 is 54.9. The standard InChI is InChI=1S/C23H22BrF3N4O4S/c1-2-28-21(32)29-8-3-9-31-18(14-4-7-19-20(10-14)34-13-33-19)12-36-22(31)30-17-6-5-15(11-16(17)24)35-23(25,26)27/h4-7,10-12H,2-3,8-9,13H2,1H3,(H2,28,29,32)/b30-22-. The molecule has 8 nitrogen and oxygen atoms in total. The van der Waals surface area contributed by atoms with Gasteiger partial charge in [-0.1, -0.05) is 0 Å². The van der Waals surface area contributed by atoms with Gasteiger partial charge >= 0.3 is 12.4 Å². The Kier molecular flexibility index (Phi) is 8.09. The van der Waals surface area contributed by atoms with E-state index in [1.165, 1.54) is 29.5 Å². The predicted molar refractivity (Wildman–Crippen MR) is 132 cm³/mol. The van der Waals surface area contributed by atoms with Crippen molar-refractivity contribution >= 4 is 39.0 Å². The predicted octanol–water partition coefficient (Wildman–Crippen LogP) is 5.55. The molecule has 1 aliphatic heterocycles. The molecule has 0 unspecified atom stereocenters. The quantitative estimate of drug-likeness (QED) is 0.339. The molecule has 2 N–H and O–H groups in total. The Bertz CT molecular complexity index is 1310.